The van der Waals surface area contributed by atoms with Crippen molar-refractivity contribution in [3.63, 3.8) is 0 Å². The Kier molecular flexibility index (Phi) is 4.47. The highest BCUT2D eigenvalue weighted by atomic mass is 16.5. The number of rotatable bonds is 4. The Morgan fingerprint density at radius 2 is 2.21 bits per heavy atom. The molecule has 0 spiro atoms. The molecule has 1 aromatic carbocycles. The van der Waals surface area contributed by atoms with Gasteiger partial charge in [0.05, 0.1) is 30.8 Å². The molecule has 0 saturated heterocycles. The summed E-state index contributed by atoms with van der Waals surface area (Å²) in [6, 6.07) is 6.14. The van der Waals surface area contributed by atoms with Crippen molar-refractivity contribution in [1.29, 1.82) is 0 Å². The summed E-state index contributed by atoms with van der Waals surface area (Å²) >= 11 is 0. The van der Waals surface area contributed by atoms with Gasteiger partial charge >= 0.3 is 0 Å². The minimum absolute atomic E-state index is 0.664. The summed E-state index contributed by atoms with van der Waals surface area (Å²) in [4.78, 5) is 16.6. The summed E-state index contributed by atoms with van der Waals surface area (Å²) in [6.45, 7) is 1.42. The van der Waals surface area contributed by atoms with Crippen LogP contribution < -0.4 is 4.90 Å². The largest absolute Gasteiger partial charge is 0.377 e. The second-order valence-corrected chi connectivity index (χ2v) is 4.57. The normalized spacial score (nSPS) is 15.4. The third-order valence-electron chi connectivity index (χ3n) is 3.07. The van der Waals surface area contributed by atoms with Gasteiger partial charge in [0.1, 0.15) is 0 Å². The van der Waals surface area contributed by atoms with Gasteiger partial charge in [0.15, 0.2) is 6.29 Å². The first kappa shape index (κ1) is 13.5. The highest BCUT2D eigenvalue weighted by Gasteiger charge is 2.10. The monoisotopic (exact) mass is 258 g/mol. The van der Waals surface area contributed by atoms with Crippen molar-refractivity contribution in [3.05, 3.63) is 29.8 Å². The third-order valence-corrected chi connectivity index (χ3v) is 3.07. The Balaban J connectivity index is 2.39. The molecule has 0 aromatic heterocycles. The summed E-state index contributed by atoms with van der Waals surface area (Å²) in [7, 11) is 3.92. The number of carbonyl (C=O) groups excluding carboxylic acids is 1. The van der Waals surface area contributed by atoms with Crippen LogP contribution in [0.15, 0.2) is 29.3 Å². The molecule has 1 aromatic rings. The van der Waals surface area contributed by atoms with Crippen molar-refractivity contribution >= 4 is 29.4 Å². The molecule has 0 aliphatic carbocycles. The van der Waals surface area contributed by atoms with Gasteiger partial charge in [-0.05, 0) is 29.7 Å². The van der Waals surface area contributed by atoms with Gasteiger partial charge in [-0.2, -0.15) is 0 Å². The first-order chi connectivity index (χ1) is 9.22. The molecular weight excluding hydrogens is 240 g/mol. The second-order valence-electron chi connectivity index (χ2n) is 4.57. The van der Waals surface area contributed by atoms with Gasteiger partial charge in [-0.1, -0.05) is 12.1 Å². The number of aldehydes is 1. The van der Waals surface area contributed by atoms with Crippen molar-refractivity contribution in [2.45, 2.75) is 6.42 Å². The average Bonchev–Trinajstić information content (AvgIpc) is 2.45. The zero-order chi connectivity index (χ0) is 13.7. The number of hydrogen-bond acceptors (Lipinski definition) is 4. The lowest BCUT2D eigenvalue weighted by molar-refractivity contribution is -0.102. The van der Waals surface area contributed by atoms with E-state index in [1.807, 2.05) is 31.1 Å². The molecule has 4 heteroatoms. The molecule has 0 unspecified atom stereocenters. The lowest BCUT2D eigenvalue weighted by atomic mass is 10.0. The molecule has 2 rings (SSSR count). The lowest BCUT2D eigenvalue weighted by Crippen LogP contribution is -2.09. The van der Waals surface area contributed by atoms with E-state index in [1.54, 1.807) is 0 Å². The summed E-state index contributed by atoms with van der Waals surface area (Å²) < 4.78 is 5.32. The van der Waals surface area contributed by atoms with Gasteiger partial charge < -0.3 is 9.64 Å². The second kappa shape index (κ2) is 6.29. The minimum atomic E-state index is 0.664. The van der Waals surface area contributed by atoms with E-state index in [2.05, 4.69) is 17.1 Å². The Morgan fingerprint density at radius 1 is 1.37 bits per heavy atom. The van der Waals surface area contributed by atoms with E-state index in [1.165, 1.54) is 11.8 Å². The van der Waals surface area contributed by atoms with Crippen LogP contribution in [0, 0.1) is 0 Å². The minimum Gasteiger partial charge on any atom is -0.377 e. The number of benzene rings is 1. The van der Waals surface area contributed by atoms with Crippen LogP contribution in [0.2, 0.25) is 0 Å². The maximum atomic E-state index is 10.5. The molecule has 100 valence electrons. The van der Waals surface area contributed by atoms with Crippen molar-refractivity contribution in [3.8, 4) is 0 Å². The SMILES string of the molecule is CN(C)c1ccc(C2=CCOCC2)cc1N=CC=O. The van der Waals surface area contributed by atoms with Crippen LogP contribution in [0.5, 0.6) is 0 Å². The van der Waals surface area contributed by atoms with Crippen LogP contribution >= 0.6 is 0 Å². The van der Waals surface area contributed by atoms with E-state index in [-0.39, 0.29) is 0 Å². The lowest BCUT2D eigenvalue weighted by Gasteiger charge is -2.18. The molecule has 1 aliphatic rings. The molecule has 0 bridgehead atoms. The van der Waals surface area contributed by atoms with Crippen LogP contribution in [-0.2, 0) is 9.53 Å². The highest BCUT2D eigenvalue weighted by Crippen LogP contribution is 2.32. The summed E-state index contributed by atoms with van der Waals surface area (Å²) in [5.41, 5.74) is 4.22. The average molecular weight is 258 g/mol. The zero-order valence-corrected chi connectivity index (χ0v) is 11.3. The fourth-order valence-corrected chi connectivity index (χ4v) is 2.10. The molecule has 0 N–H and O–H groups in total. The number of hydrogen-bond donors (Lipinski definition) is 0. The maximum Gasteiger partial charge on any atom is 0.161 e. The standard InChI is InChI=1S/C15H18N2O2/c1-17(2)15-4-3-13(11-14(15)16-7-8-18)12-5-9-19-10-6-12/h3-5,7-8,11H,6,9-10H2,1-2H3. The Labute approximate surface area is 113 Å². The zero-order valence-electron chi connectivity index (χ0n) is 11.3. The Hall–Kier alpha value is -1.94. The molecule has 4 nitrogen and oxygen atoms in total. The first-order valence-electron chi connectivity index (χ1n) is 6.28. The maximum absolute atomic E-state index is 10.5. The predicted octanol–water partition coefficient (Wildman–Crippen LogP) is 2.46. The van der Waals surface area contributed by atoms with Crippen molar-refractivity contribution < 1.29 is 9.53 Å². The number of aliphatic imine (C=N–C) groups is 1. The molecule has 1 aliphatic heterocycles. The van der Waals surface area contributed by atoms with E-state index in [9.17, 15) is 4.79 Å². The van der Waals surface area contributed by atoms with Crippen LogP contribution in [0.4, 0.5) is 11.4 Å². The van der Waals surface area contributed by atoms with Gasteiger partial charge in [0, 0.05) is 14.1 Å². The quantitative estimate of drug-likeness (QED) is 0.615. The molecular formula is C15H18N2O2. The first-order valence-corrected chi connectivity index (χ1v) is 6.28. The van der Waals surface area contributed by atoms with E-state index in [0.717, 1.165) is 30.0 Å². The van der Waals surface area contributed by atoms with E-state index < -0.39 is 0 Å². The van der Waals surface area contributed by atoms with Crippen molar-refractivity contribution in [2.75, 3.05) is 32.2 Å². The van der Waals surface area contributed by atoms with E-state index >= 15 is 0 Å². The smallest absolute Gasteiger partial charge is 0.161 e. The predicted molar refractivity (Wildman–Crippen MR) is 78.4 cm³/mol. The number of anilines is 1. The Bertz CT molecular complexity index is 519. The molecule has 0 atom stereocenters. The van der Waals surface area contributed by atoms with Crippen molar-refractivity contribution in [1.82, 2.24) is 0 Å². The Morgan fingerprint density at radius 3 is 2.84 bits per heavy atom. The number of ether oxygens (including phenoxy) is 1. The van der Waals surface area contributed by atoms with Crippen LogP contribution in [0.25, 0.3) is 5.57 Å². The van der Waals surface area contributed by atoms with Crippen molar-refractivity contribution in [2.24, 2.45) is 4.99 Å². The van der Waals surface area contributed by atoms with Crippen LogP contribution in [0.3, 0.4) is 0 Å². The molecule has 19 heavy (non-hydrogen) atoms. The molecule has 0 fully saturated rings. The molecule has 0 amide bonds. The highest BCUT2D eigenvalue weighted by molar-refractivity contribution is 6.14. The topological polar surface area (TPSA) is 41.9 Å². The summed E-state index contributed by atoms with van der Waals surface area (Å²) in [6.07, 6.45) is 4.99. The summed E-state index contributed by atoms with van der Waals surface area (Å²) in [5.74, 6) is 0. The number of carbonyl (C=O) groups is 1. The van der Waals surface area contributed by atoms with Gasteiger partial charge in [-0.15, -0.1) is 0 Å². The van der Waals surface area contributed by atoms with Gasteiger partial charge in [0.2, 0.25) is 0 Å². The van der Waals surface area contributed by atoms with Gasteiger partial charge in [0.25, 0.3) is 0 Å². The van der Waals surface area contributed by atoms with E-state index in [4.69, 9.17) is 4.74 Å². The molecule has 1 heterocycles. The fraction of sp³-hybridized carbons (Fsp3) is 0.333. The van der Waals surface area contributed by atoms with E-state index in [0.29, 0.717) is 12.9 Å². The van der Waals surface area contributed by atoms with Gasteiger partial charge in [-0.25, -0.2) is 0 Å². The molecule has 0 saturated carbocycles. The molecule has 0 radical (unpaired) electrons. The van der Waals surface area contributed by atoms with Crippen LogP contribution in [-0.4, -0.2) is 39.8 Å². The number of nitrogens with zero attached hydrogens (tertiary/aromatic N) is 2. The van der Waals surface area contributed by atoms with Gasteiger partial charge in [-0.3, -0.25) is 9.79 Å². The third kappa shape index (κ3) is 3.29. The fourth-order valence-electron chi connectivity index (χ4n) is 2.10. The summed E-state index contributed by atoms with van der Waals surface area (Å²) in [5, 5.41) is 0. The van der Waals surface area contributed by atoms with Crippen LogP contribution in [0.1, 0.15) is 12.0 Å².